The third-order valence-corrected chi connectivity index (χ3v) is 4.20. The summed E-state index contributed by atoms with van der Waals surface area (Å²) in [7, 11) is 0. The van der Waals surface area contributed by atoms with Crippen LogP contribution in [0.2, 0.25) is 0 Å². The van der Waals surface area contributed by atoms with Crippen LogP contribution in [0.4, 0.5) is 0 Å². The van der Waals surface area contributed by atoms with E-state index in [0.717, 1.165) is 22.4 Å². The summed E-state index contributed by atoms with van der Waals surface area (Å²) in [5.74, 6) is -0.147. The molecule has 0 aliphatic carbocycles. The maximum Gasteiger partial charge on any atom is 0.251 e. The minimum atomic E-state index is -0.147. The molecule has 0 bridgehead atoms. The molecule has 0 radical (unpaired) electrons. The highest BCUT2D eigenvalue weighted by atomic mass is 16.1. The van der Waals surface area contributed by atoms with Crippen molar-refractivity contribution >= 4 is 5.91 Å². The summed E-state index contributed by atoms with van der Waals surface area (Å²) in [4.78, 5) is 12.8. The van der Waals surface area contributed by atoms with Gasteiger partial charge in [0.05, 0.1) is 5.69 Å². The Bertz CT molecular complexity index is 1030. The number of aromatic nitrogens is 4. The minimum absolute atomic E-state index is 0.147. The van der Waals surface area contributed by atoms with E-state index in [9.17, 15) is 4.79 Å². The lowest BCUT2D eigenvalue weighted by atomic mass is 10.0. The topological polar surface area (TPSA) is 72.7 Å². The Hall–Kier alpha value is -3.80. The van der Waals surface area contributed by atoms with E-state index in [1.54, 1.807) is 10.7 Å². The van der Waals surface area contributed by atoms with Crippen molar-refractivity contribution in [1.82, 2.24) is 25.5 Å². The first-order valence-corrected chi connectivity index (χ1v) is 8.55. The van der Waals surface area contributed by atoms with Crippen molar-refractivity contribution in [3.8, 4) is 16.8 Å². The Morgan fingerprint density at radius 2 is 1.63 bits per heavy atom. The highest BCUT2D eigenvalue weighted by Gasteiger charge is 2.11. The van der Waals surface area contributed by atoms with Crippen molar-refractivity contribution in [3.63, 3.8) is 0 Å². The van der Waals surface area contributed by atoms with Crippen LogP contribution < -0.4 is 5.32 Å². The summed E-state index contributed by atoms with van der Waals surface area (Å²) in [5.41, 5.74) is 4.27. The predicted molar refractivity (Wildman–Crippen MR) is 102 cm³/mol. The van der Waals surface area contributed by atoms with Gasteiger partial charge < -0.3 is 5.32 Å². The Balaban J connectivity index is 1.66. The third-order valence-electron chi connectivity index (χ3n) is 4.20. The lowest BCUT2D eigenvalue weighted by Gasteiger charge is -2.10. The van der Waals surface area contributed by atoms with E-state index < -0.39 is 0 Å². The van der Waals surface area contributed by atoms with E-state index in [2.05, 4.69) is 20.8 Å². The largest absolute Gasteiger partial charge is 0.348 e. The van der Waals surface area contributed by atoms with Gasteiger partial charge in [0.15, 0.2) is 0 Å². The maximum atomic E-state index is 12.8. The predicted octanol–water partition coefficient (Wildman–Crippen LogP) is 3.26. The molecule has 1 N–H and O–H groups in total. The van der Waals surface area contributed by atoms with Crippen molar-refractivity contribution in [3.05, 3.63) is 96.3 Å². The van der Waals surface area contributed by atoms with Gasteiger partial charge in [0.2, 0.25) is 0 Å². The molecule has 0 atom stereocenters. The summed E-state index contributed by atoms with van der Waals surface area (Å²) >= 11 is 0. The Kier molecular flexibility index (Phi) is 4.70. The number of rotatable bonds is 5. The average molecular weight is 355 g/mol. The number of carbonyl (C=O) groups is 1. The fourth-order valence-corrected chi connectivity index (χ4v) is 2.83. The van der Waals surface area contributed by atoms with Gasteiger partial charge in [-0.05, 0) is 45.3 Å². The molecule has 0 unspecified atom stereocenters. The van der Waals surface area contributed by atoms with Crippen LogP contribution in [0.25, 0.3) is 16.8 Å². The van der Waals surface area contributed by atoms with Gasteiger partial charge in [-0.15, -0.1) is 5.10 Å². The van der Waals surface area contributed by atoms with Gasteiger partial charge in [0.25, 0.3) is 5.91 Å². The number of amides is 1. The van der Waals surface area contributed by atoms with Crippen LogP contribution in [0, 0.1) is 0 Å². The molecule has 3 aromatic carbocycles. The standard InChI is InChI=1S/C21H17N5O/c27-21(22-14-16-7-3-1-4-8-16)19-11-18(17-9-5-2-6-10-17)12-20(13-19)26-15-23-24-25-26/h1-13,15H,14H2,(H,22,27). The highest BCUT2D eigenvalue weighted by molar-refractivity contribution is 5.96. The second kappa shape index (κ2) is 7.61. The third kappa shape index (κ3) is 3.90. The number of benzene rings is 3. The fraction of sp³-hybridized carbons (Fsp3) is 0.0476. The molecule has 132 valence electrons. The molecule has 0 spiro atoms. The number of hydrogen-bond acceptors (Lipinski definition) is 4. The highest BCUT2D eigenvalue weighted by Crippen LogP contribution is 2.24. The minimum Gasteiger partial charge on any atom is -0.348 e. The Labute approximate surface area is 156 Å². The molecule has 6 nitrogen and oxygen atoms in total. The molecule has 0 fully saturated rings. The molecule has 27 heavy (non-hydrogen) atoms. The van der Waals surface area contributed by atoms with E-state index in [1.165, 1.54) is 6.33 Å². The molecule has 6 heteroatoms. The zero-order chi connectivity index (χ0) is 18.5. The normalized spacial score (nSPS) is 10.5. The average Bonchev–Trinajstić information content (AvgIpc) is 3.28. The summed E-state index contributed by atoms with van der Waals surface area (Å²) in [6.45, 7) is 0.468. The zero-order valence-electron chi connectivity index (χ0n) is 14.5. The molecule has 1 heterocycles. The molecule has 4 rings (SSSR count). The van der Waals surface area contributed by atoms with E-state index in [4.69, 9.17) is 0 Å². The first kappa shape index (κ1) is 16.7. The van der Waals surface area contributed by atoms with Gasteiger partial charge in [0, 0.05) is 12.1 Å². The monoisotopic (exact) mass is 355 g/mol. The summed E-state index contributed by atoms with van der Waals surface area (Å²) < 4.78 is 1.54. The second-order valence-electron chi connectivity index (χ2n) is 6.06. The molecule has 1 amide bonds. The van der Waals surface area contributed by atoms with Gasteiger partial charge in [-0.2, -0.15) is 0 Å². The fourth-order valence-electron chi connectivity index (χ4n) is 2.83. The van der Waals surface area contributed by atoms with Crippen molar-refractivity contribution in [1.29, 1.82) is 0 Å². The van der Waals surface area contributed by atoms with Crippen LogP contribution in [-0.4, -0.2) is 26.1 Å². The first-order valence-electron chi connectivity index (χ1n) is 8.55. The van der Waals surface area contributed by atoms with Crippen LogP contribution in [-0.2, 0) is 6.54 Å². The number of nitrogens with zero attached hydrogens (tertiary/aromatic N) is 4. The molecule has 4 aromatic rings. The van der Waals surface area contributed by atoms with Gasteiger partial charge in [-0.25, -0.2) is 4.68 Å². The van der Waals surface area contributed by atoms with E-state index in [-0.39, 0.29) is 5.91 Å². The molecular weight excluding hydrogens is 338 g/mol. The lowest BCUT2D eigenvalue weighted by molar-refractivity contribution is 0.0951. The molecule has 0 aliphatic heterocycles. The Morgan fingerprint density at radius 3 is 2.33 bits per heavy atom. The van der Waals surface area contributed by atoms with Crippen molar-refractivity contribution in [2.45, 2.75) is 6.54 Å². The van der Waals surface area contributed by atoms with Crippen molar-refractivity contribution in [2.24, 2.45) is 0 Å². The van der Waals surface area contributed by atoms with Crippen molar-refractivity contribution in [2.75, 3.05) is 0 Å². The summed E-state index contributed by atoms with van der Waals surface area (Å²) in [5, 5.41) is 14.3. The van der Waals surface area contributed by atoms with Gasteiger partial charge in [-0.1, -0.05) is 60.7 Å². The molecule has 0 saturated carbocycles. The van der Waals surface area contributed by atoms with Crippen LogP contribution >= 0.6 is 0 Å². The second-order valence-corrected chi connectivity index (χ2v) is 6.06. The number of tetrazole rings is 1. The number of hydrogen-bond donors (Lipinski definition) is 1. The van der Waals surface area contributed by atoms with Crippen LogP contribution in [0.5, 0.6) is 0 Å². The number of carbonyl (C=O) groups excluding carboxylic acids is 1. The van der Waals surface area contributed by atoms with E-state index in [0.29, 0.717) is 12.1 Å². The molecule has 1 aromatic heterocycles. The van der Waals surface area contributed by atoms with Crippen LogP contribution in [0.15, 0.2) is 85.2 Å². The molecule has 0 saturated heterocycles. The maximum absolute atomic E-state index is 12.8. The van der Waals surface area contributed by atoms with Gasteiger partial charge in [-0.3, -0.25) is 4.79 Å². The van der Waals surface area contributed by atoms with Crippen LogP contribution in [0.3, 0.4) is 0 Å². The molecule has 0 aliphatic rings. The number of nitrogens with one attached hydrogen (secondary N) is 1. The quantitative estimate of drug-likeness (QED) is 0.596. The smallest absolute Gasteiger partial charge is 0.251 e. The van der Waals surface area contributed by atoms with E-state index in [1.807, 2.05) is 72.8 Å². The summed E-state index contributed by atoms with van der Waals surface area (Å²) in [6, 6.07) is 25.3. The van der Waals surface area contributed by atoms with Gasteiger partial charge >= 0.3 is 0 Å². The molecular formula is C21H17N5O. The van der Waals surface area contributed by atoms with E-state index >= 15 is 0 Å². The van der Waals surface area contributed by atoms with Crippen molar-refractivity contribution < 1.29 is 4.79 Å². The zero-order valence-corrected chi connectivity index (χ0v) is 14.5. The first-order chi connectivity index (χ1) is 13.3. The Morgan fingerprint density at radius 1 is 0.889 bits per heavy atom. The summed E-state index contributed by atoms with van der Waals surface area (Å²) in [6.07, 6.45) is 1.51. The van der Waals surface area contributed by atoms with Crippen LogP contribution in [0.1, 0.15) is 15.9 Å². The lowest BCUT2D eigenvalue weighted by Crippen LogP contribution is -2.23. The SMILES string of the molecule is O=C(NCc1ccccc1)c1cc(-c2ccccc2)cc(-n2cnnn2)c1. The van der Waals surface area contributed by atoms with Gasteiger partial charge in [0.1, 0.15) is 6.33 Å².